The number of likely N-dealkylation sites (N-methyl/N-ethyl adjacent to an activating group) is 2. The maximum absolute atomic E-state index is 10.8. The van der Waals surface area contributed by atoms with Gasteiger partial charge in [-0.2, -0.15) is 0 Å². The minimum Gasteiger partial charge on any atom is -0.402 e. The van der Waals surface area contributed by atoms with E-state index in [2.05, 4.69) is 48.8 Å². The van der Waals surface area contributed by atoms with Crippen molar-refractivity contribution in [1.29, 1.82) is 0 Å². The summed E-state index contributed by atoms with van der Waals surface area (Å²) in [6.45, 7) is 15.8. The number of β-amino-alcohol motifs (C(OH)–C–C–N with tert-alkyl or cyclic N) is 1. The molecule has 3 N–H and O–H groups in total. The molecule has 1 aliphatic carbocycles. The molecule has 0 bridgehead atoms. The SMILES string of the molecule is CCN1CCN(CP)CCN(CC)CCN(CC(O)C2=C(N)CCC=C2)CC1. The summed E-state index contributed by atoms with van der Waals surface area (Å²) in [6, 6.07) is 0. The second kappa shape index (κ2) is 12.9. The molecule has 6 nitrogen and oxygen atoms in total. The lowest BCUT2D eigenvalue weighted by atomic mass is 9.98. The van der Waals surface area contributed by atoms with E-state index in [4.69, 9.17) is 5.73 Å². The first kappa shape index (κ1) is 23.8. The molecule has 7 heteroatoms. The molecule has 1 fully saturated rings. The number of hydrogen-bond donors (Lipinski definition) is 2. The quantitative estimate of drug-likeness (QED) is 0.636. The highest BCUT2D eigenvalue weighted by Crippen LogP contribution is 2.18. The topological polar surface area (TPSA) is 59.2 Å². The van der Waals surface area contributed by atoms with Gasteiger partial charge < -0.3 is 20.6 Å². The van der Waals surface area contributed by atoms with Crippen LogP contribution in [0.2, 0.25) is 0 Å². The van der Waals surface area contributed by atoms with E-state index in [-0.39, 0.29) is 0 Å². The monoisotopic (exact) mass is 411 g/mol. The highest BCUT2D eigenvalue weighted by Gasteiger charge is 2.20. The van der Waals surface area contributed by atoms with Crippen LogP contribution < -0.4 is 5.73 Å². The van der Waals surface area contributed by atoms with Gasteiger partial charge in [-0.3, -0.25) is 9.80 Å². The number of aliphatic hydroxyl groups is 1. The number of hydrogen-bond acceptors (Lipinski definition) is 6. The Bertz CT molecular complexity index is 493. The van der Waals surface area contributed by atoms with Crippen LogP contribution in [0.4, 0.5) is 0 Å². The van der Waals surface area contributed by atoms with Gasteiger partial charge in [-0.15, -0.1) is 9.24 Å². The van der Waals surface area contributed by atoms with Crippen LogP contribution in [0.1, 0.15) is 26.7 Å². The van der Waals surface area contributed by atoms with E-state index in [9.17, 15) is 5.11 Å². The third kappa shape index (κ3) is 7.74. The number of aliphatic hydroxyl groups excluding tert-OH is 1. The summed E-state index contributed by atoms with van der Waals surface area (Å²) in [4.78, 5) is 10.0. The summed E-state index contributed by atoms with van der Waals surface area (Å²) < 4.78 is 0. The van der Waals surface area contributed by atoms with Gasteiger partial charge >= 0.3 is 0 Å². The van der Waals surface area contributed by atoms with Gasteiger partial charge in [-0.05, 0) is 25.9 Å². The lowest BCUT2D eigenvalue weighted by Crippen LogP contribution is -2.47. The first-order valence-electron chi connectivity index (χ1n) is 11.0. The molecule has 0 aromatic rings. The van der Waals surface area contributed by atoms with Gasteiger partial charge in [0, 0.05) is 76.5 Å². The normalized spacial score (nSPS) is 24.1. The molecule has 1 heterocycles. The van der Waals surface area contributed by atoms with Crippen molar-refractivity contribution in [2.45, 2.75) is 32.8 Å². The Morgan fingerprint density at radius 3 is 1.89 bits per heavy atom. The molecular formula is C21H42N5OP. The van der Waals surface area contributed by atoms with Crippen LogP contribution in [0.3, 0.4) is 0 Å². The van der Waals surface area contributed by atoms with Crippen molar-refractivity contribution in [3.63, 3.8) is 0 Å². The fourth-order valence-electron chi connectivity index (χ4n) is 3.94. The number of rotatable bonds is 6. The molecule has 0 aromatic heterocycles. The Hall–Kier alpha value is -0.490. The van der Waals surface area contributed by atoms with Crippen molar-refractivity contribution in [2.24, 2.45) is 5.73 Å². The molecule has 0 aromatic carbocycles. The molecule has 2 unspecified atom stereocenters. The van der Waals surface area contributed by atoms with Crippen molar-refractivity contribution >= 4 is 9.24 Å². The maximum Gasteiger partial charge on any atom is 0.0933 e. The van der Waals surface area contributed by atoms with Gasteiger partial charge in [-0.25, -0.2) is 0 Å². The van der Waals surface area contributed by atoms with Crippen molar-refractivity contribution in [3.05, 3.63) is 23.4 Å². The molecule has 0 radical (unpaired) electrons. The third-order valence-corrected chi connectivity index (χ3v) is 6.64. The average molecular weight is 412 g/mol. The molecule has 2 atom stereocenters. The van der Waals surface area contributed by atoms with Crippen LogP contribution in [0.15, 0.2) is 23.4 Å². The van der Waals surface area contributed by atoms with Crippen molar-refractivity contribution in [3.8, 4) is 0 Å². The van der Waals surface area contributed by atoms with Gasteiger partial charge in [0.25, 0.3) is 0 Å². The number of nitrogens with zero attached hydrogens (tertiary/aromatic N) is 4. The molecule has 162 valence electrons. The maximum atomic E-state index is 10.8. The minimum atomic E-state index is -0.498. The van der Waals surface area contributed by atoms with E-state index in [1.54, 1.807) is 0 Å². The summed E-state index contributed by atoms with van der Waals surface area (Å²) in [5, 5.41) is 10.8. The van der Waals surface area contributed by atoms with E-state index in [0.717, 1.165) is 95.8 Å². The van der Waals surface area contributed by atoms with Crippen LogP contribution in [0.5, 0.6) is 0 Å². The van der Waals surface area contributed by atoms with Crippen LogP contribution in [-0.2, 0) is 0 Å². The van der Waals surface area contributed by atoms with E-state index in [1.165, 1.54) is 0 Å². The summed E-state index contributed by atoms with van der Waals surface area (Å²) in [7, 11) is 2.88. The van der Waals surface area contributed by atoms with Gasteiger partial charge in [0.05, 0.1) is 6.10 Å². The van der Waals surface area contributed by atoms with Gasteiger partial charge in [-0.1, -0.05) is 26.0 Å². The molecular weight excluding hydrogens is 369 g/mol. The first-order chi connectivity index (χ1) is 13.6. The minimum absolute atomic E-state index is 0.498. The zero-order valence-electron chi connectivity index (χ0n) is 18.0. The molecule has 2 rings (SSSR count). The zero-order chi connectivity index (χ0) is 20.4. The Kier molecular flexibility index (Phi) is 11.0. The van der Waals surface area contributed by atoms with Crippen LogP contribution in [0, 0.1) is 0 Å². The van der Waals surface area contributed by atoms with Crippen molar-refractivity contribution in [2.75, 3.05) is 78.3 Å². The van der Waals surface area contributed by atoms with Crippen LogP contribution in [0.25, 0.3) is 0 Å². The molecule has 0 saturated carbocycles. The molecule has 0 spiro atoms. The molecule has 1 aliphatic heterocycles. The second-order valence-electron chi connectivity index (χ2n) is 7.91. The van der Waals surface area contributed by atoms with E-state index >= 15 is 0 Å². The highest BCUT2D eigenvalue weighted by atomic mass is 31.0. The van der Waals surface area contributed by atoms with Gasteiger partial charge in [0.2, 0.25) is 0 Å². The largest absolute Gasteiger partial charge is 0.402 e. The Labute approximate surface area is 174 Å². The summed E-state index contributed by atoms with van der Waals surface area (Å²) in [5.74, 6) is 0. The smallest absolute Gasteiger partial charge is 0.0933 e. The Balaban J connectivity index is 2.02. The molecule has 2 aliphatic rings. The second-order valence-corrected chi connectivity index (χ2v) is 8.27. The Morgan fingerprint density at radius 1 is 0.929 bits per heavy atom. The predicted molar refractivity (Wildman–Crippen MR) is 122 cm³/mol. The zero-order valence-corrected chi connectivity index (χ0v) is 19.2. The molecule has 28 heavy (non-hydrogen) atoms. The molecule has 0 amide bonds. The molecule has 1 saturated heterocycles. The lowest BCUT2D eigenvalue weighted by molar-refractivity contribution is 0.106. The van der Waals surface area contributed by atoms with Gasteiger partial charge in [0.15, 0.2) is 0 Å². The van der Waals surface area contributed by atoms with Gasteiger partial charge in [0.1, 0.15) is 0 Å². The van der Waals surface area contributed by atoms with Crippen molar-refractivity contribution < 1.29 is 5.11 Å². The predicted octanol–water partition coefficient (Wildman–Crippen LogP) is 1.00. The number of allylic oxidation sites excluding steroid dienone is 2. The Morgan fingerprint density at radius 2 is 1.43 bits per heavy atom. The highest BCUT2D eigenvalue weighted by molar-refractivity contribution is 7.16. The van der Waals surface area contributed by atoms with Crippen LogP contribution in [-0.4, -0.2) is 109 Å². The summed E-state index contributed by atoms with van der Waals surface area (Å²) in [5.41, 5.74) is 7.94. The number of nitrogens with two attached hydrogens (primary N) is 1. The lowest BCUT2D eigenvalue weighted by Gasteiger charge is -2.34. The van der Waals surface area contributed by atoms with Crippen LogP contribution >= 0.6 is 9.24 Å². The standard InChI is InChI=1S/C21H42N5OP/c1-3-23-9-13-25(17-21(27)19-7-5-6-8-20(19)22)14-10-24(4-2)12-16-26(18-28)15-11-23/h5,7,21,27H,3-4,6,8-18,22,28H2,1-2H3. The van der Waals surface area contributed by atoms with Crippen molar-refractivity contribution in [1.82, 2.24) is 19.6 Å². The third-order valence-electron chi connectivity index (χ3n) is 6.12. The fourth-order valence-corrected chi connectivity index (χ4v) is 4.31. The summed E-state index contributed by atoms with van der Waals surface area (Å²) in [6.07, 6.45) is 6.53. The first-order valence-corrected chi connectivity index (χ1v) is 11.8. The summed E-state index contributed by atoms with van der Waals surface area (Å²) >= 11 is 0. The van der Waals surface area contributed by atoms with E-state index in [1.807, 2.05) is 6.08 Å². The fraction of sp³-hybridized carbons (Fsp3) is 0.810. The average Bonchev–Trinajstić information content (AvgIpc) is 2.70. The van der Waals surface area contributed by atoms with E-state index in [0.29, 0.717) is 6.54 Å². The van der Waals surface area contributed by atoms with E-state index < -0.39 is 6.10 Å².